The summed E-state index contributed by atoms with van der Waals surface area (Å²) in [5.41, 5.74) is -4.44. The first-order chi connectivity index (χ1) is 9.96. The highest BCUT2D eigenvalue weighted by Gasteiger charge is 2.50. The van der Waals surface area contributed by atoms with Gasteiger partial charge in [0.05, 0.1) is 0 Å². The van der Waals surface area contributed by atoms with Crippen molar-refractivity contribution in [3.8, 4) is 0 Å². The fourth-order valence-corrected chi connectivity index (χ4v) is 5.29. The van der Waals surface area contributed by atoms with Crippen LogP contribution in [0.2, 0.25) is 19.6 Å². The van der Waals surface area contributed by atoms with Crippen molar-refractivity contribution < 1.29 is 54.2 Å². The van der Waals surface area contributed by atoms with Crippen molar-refractivity contribution in [1.29, 1.82) is 0 Å². The second-order valence-electron chi connectivity index (χ2n) is 5.09. The lowest BCUT2D eigenvalue weighted by molar-refractivity contribution is -0.158. The van der Waals surface area contributed by atoms with Crippen molar-refractivity contribution in [2.75, 3.05) is 13.2 Å². The molecule has 0 bridgehead atoms. The van der Waals surface area contributed by atoms with E-state index in [0.29, 0.717) is 0 Å². The Hall–Kier alpha value is -1.07. The minimum atomic E-state index is -5.36. The summed E-state index contributed by atoms with van der Waals surface area (Å²) in [5, 5.41) is 0. The molecule has 0 N–H and O–H groups in total. The molecule has 0 aliphatic rings. The monoisotopic (exact) mass is 390 g/mol. The van der Waals surface area contributed by atoms with E-state index in [1.807, 2.05) is 0 Å². The molecule has 14 heteroatoms. The highest BCUT2D eigenvalue weighted by Crippen LogP contribution is 2.53. The first kappa shape index (κ1) is 21.9. The SMILES string of the molecule is C[Si](C)(C)OP(=O)(C(=O)OCC(F)(F)F)C(=O)OCC(F)(F)F. The maximum atomic E-state index is 12.2. The van der Waals surface area contributed by atoms with E-state index in [4.69, 9.17) is 0 Å². The quantitative estimate of drug-likeness (QED) is 0.377. The summed E-state index contributed by atoms with van der Waals surface area (Å²) in [4.78, 5) is 23.0. The van der Waals surface area contributed by atoms with Gasteiger partial charge in [-0.05, 0) is 19.6 Å². The largest absolute Gasteiger partial charge is 0.448 e. The zero-order valence-corrected chi connectivity index (χ0v) is 14.0. The Bertz CT molecular complexity index is 462. The fraction of sp³-hybridized carbons (Fsp3) is 0.778. The minimum absolute atomic E-state index is 1.30. The number of carbonyl (C=O) groups excluding carboxylic acids is 2. The lowest BCUT2D eigenvalue weighted by Gasteiger charge is -2.23. The van der Waals surface area contributed by atoms with Crippen LogP contribution < -0.4 is 0 Å². The van der Waals surface area contributed by atoms with E-state index in [0.717, 1.165) is 0 Å². The van der Waals surface area contributed by atoms with Gasteiger partial charge in [-0.1, -0.05) is 0 Å². The zero-order valence-electron chi connectivity index (χ0n) is 12.1. The van der Waals surface area contributed by atoms with Crippen LogP contribution >= 0.6 is 7.37 Å². The Kier molecular flexibility index (Phi) is 6.88. The summed E-state index contributed by atoms with van der Waals surface area (Å²) in [6, 6.07) is 0. The average molecular weight is 390 g/mol. The third-order valence-corrected chi connectivity index (χ3v) is 6.04. The van der Waals surface area contributed by atoms with E-state index in [2.05, 4.69) is 13.7 Å². The summed E-state index contributed by atoms with van der Waals surface area (Å²) in [6.07, 6.45) is -9.98. The molecule has 0 saturated carbocycles. The van der Waals surface area contributed by atoms with Gasteiger partial charge in [0.25, 0.3) is 0 Å². The molecule has 0 radical (unpaired) electrons. The number of hydrogen-bond acceptors (Lipinski definition) is 6. The molecule has 23 heavy (non-hydrogen) atoms. The number of carbonyl (C=O) groups is 2. The van der Waals surface area contributed by atoms with Crippen LogP contribution in [-0.4, -0.2) is 45.3 Å². The molecule has 136 valence electrons. The van der Waals surface area contributed by atoms with Crippen LogP contribution in [0.3, 0.4) is 0 Å². The van der Waals surface area contributed by atoms with Crippen LogP contribution in [0.1, 0.15) is 0 Å². The molecular weight excluding hydrogens is 377 g/mol. The molecule has 0 amide bonds. The van der Waals surface area contributed by atoms with Gasteiger partial charge in [-0.25, -0.2) is 9.59 Å². The molecule has 0 saturated heterocycles. The molecule has 6 nitrogen and oxygen atoms in total. The molecule has 0 aromatic carbocycles. The summed E-state index contributed by atoms with van der Waals surface area (Å²) >= 11 is 0. The predicted octanol–water partition coefficient (Wildman–Crippen LogP) is 4.51. The van der Waals surface area contributed by atoms with E-state index in [1.54, 1.807) is 0 Å². The van der Waals surface area contributed by atoms with Gasteiger partial charge in [0.2, 0.25) is 0 Å². The lowest BCUT2D eigenvalue weighted by Crippen LogP contribution is -2.31. The topological polar surface area (TPSA) is 78.9 Å². The number of ether oxygens (including phenoxy) is 2. The summed E-state index contributed by atoms with van der Waals surface area (Å²) in [6.45, 7) is -0.468. The molecule has 0 atom stereocenters. The minimum Gasteiger partial charge on any atom is -0.448 e. The normalized spacial score (nSPS) is 13.6. The molecule has 0 aliphatic heterocycles. The number of rotatable bonds is 6. The van der Waals surface area contributed by atoms with Crippen molar-refractivity contribution in [1.82, 2.24) is 0 Å². The Labute approximate surface area is 127 Å². The lowest BCUT2D eigenvalue weighted by atomic mass is 10.7. The molecule has 0 aliphatic carbocycles. The van der Waals surface area contributed by atoms with Gasteiger partial charge < -0.3 is 13.7 Å². The molecule has 0 fully saturated rings. The smallest absolute Gasteiger partial charge is 0.422 e. The van der Waals surface area contributed by atoms with E-state index in [9.17, 15) is 40.5 Å². The Morgan fingerprint density at radius 3 is 1.39 bits per heavy atom. The van der Waals surface area contributed by atoms with Crippen molar-refractivity contribution in [2.24, 2.45) is 0 Å². The maximum Gasteiger partial charge on any atom is 0.422 e. The molecule has 0 rings (SSSR count). The highest BCUT2D eigenvalue weighted by atomic mass is 31.2. The fourth-order valence-electron chi connectivity index (χ4n) is 0.992. The Morgan fingerprint density at radius 2 is 1.17 bits per heavy atom. The van der Waals surface area contributed by atoms with Gasteiger partial charge in [-0.3, -0.25) is 4.57 Å². The van der Waals surface area contributed by atoms with Crippen LogP contribution in [-0.2, 0) is 18.3 Å². The number of hydrogen-bond donors (Lipinski definition) is 0. The number of halogens is 6. The van der Waals surface area contributed by atoms with Gasteiger partial charge in [-0.2, -0.15) is 26.3 Å². The molecule has 0 aromatic heterocycles. The molecule has 0 unspecified atom stereocenters. The first-order valence-corrected chi connectivity index (χ1v) is 10.8. The van der Waals surface area contributed by atoms with Crippen LogP contribution in [0.15, 0.2) is 0 Å². The van der Waals surface area contributed by atoms with E-state index >= 15 is 0 Å². The maximum absolute atomic E-state index is 12.2. The third-order valence-electron chi connectivity index (χ3n) is 1.60. The molecule has 0 spiro atoms. The van der Waals surface area contributed by atoms with Crippen molar-refractivity contribution in [3.05, 3.63) is 0 Å². The molecule has 0 heterocycles. The Morgan fingerprint density at radius 1 is 0.870 bits per heavy atom. The van der Waals surface area contributed by atoms with Crippen molar-refractivity contribution >= 4 is 27.1 Å². The zero-order chi connectivity index (χ0) is 18.7. The standard InChI is InChI=1S/C9H13F6O6PSi/c1-23(2,3)21-22(18,6(16)19-4-8(10,11)12)7(17)20-5-9(13,14)15/h4-5H2,1-3H3. The molecule has 0 aromatic rings. The second-order valence-corrected chi connectivity index (χ2v) is 11.9. The van der Waals surface area contributed by atoms with Gasteiger partial charge in [0, 0.05) is 0 Å². The summed E-state index contributed by atoms with van der Waals surface area (Å²) in [7, 11) is -8.35. The van der Waals surface area contributed by atoms with Gasteiger partial charge in [-0.15, -0.1) is 0 Å². The number of alkyl halides is 6. The highest BCUT2D eigenvalue weighted by molar-refractivity contribution is 7.90. The second kappa shape index (κ2) is 7.22. The van der Waals surface area contributed by atoms with Crippen molar-refractivity contribution in [3.63, 3.8) is 0 Å². The first-order valence-electron chi connectivity index (χ1n) is 5.75. The van der Waals surface area contributed by atoms with Crippen LogP contribution in [0.4, 0.5) is 35.9 Å². The van der Waals surface area contributed by atoms with Gasteiger partial charge in [0.15, 0.2) is 21.5 Å². The molecular formula is C9H13F6O6PSi. The van der Waals surface area contributed by atoms with Crippen LogP contribution in [0.5, 0.6) is 0 Å². The average Bonchev–Trinajstić information content (AvgIpc) is 2.28. The summed E-state index contributed by atoms with van der Waals surface area (Å²) < 4.78 is 96.1. The van der Waals surface area contributed by atoms with Crippen LogP contribution in [0.25, 0.3) is 0 Å². The van der Waals surface area contributed by atoms with Gasteiger partial charge in [0.1, 0.15) is 0 Å². The van der Waals surface area contributed by atoms with E-state index in [1.165, 1.54) is 19.6 Å². The Balaban J connectivity index is 5.28. The van der Waals surface area contributed by atoms with Gasteiger partial charge >= 0.3 is 31.1 Å². The van der Waals surface area contributed by atoms with E-state index < -0.39 is 52.7 Å². The van der Waals surface area contributed by atoms with E-state index in [-0.39, 0.29) is 0 Å². The third kappa shape index (κ3) is 8.96. The summed E-state index contributed by atoms with van der Waals surface area (Å²) in [5.74, 6) is 0. The predicted molar refractivity (Wildman–Crippen MR) is 66.8 cm³/mol. The van der Waals surface area contributed by atoms with Crippen LogP contribution in [0, 0.1) is 0 Å². The van der Waals surface area contributed by atoms with Crippen molar-refractivity contribution in [2.45, 2.75) is 32.0 Å².